The molecule has 2 atom stereocenters. The third kappa shape index (κ3) is 4.62. The fourth-order valence-corrected chi connectivity index (χ4v) is 6.51. The SMILES string of the molecule is CCCC(C)NC(=O)CSc1nc2sc3c(c2c(=O)n1-c1ccccc1F)CCC(C)C3. The van der Waals surface area contributed by atoms with Crippen LogP contribution in [-0.2, 0) is 17.6 Å². The van der Waals surface area contributed by atoms with Crippen LogP contribution in [0.4, 0.5) is 4.39 Å². The van der Waals surface area contributed by atoms with Gasteiger partial charge in [0.1, 0.15) is 10.6 Å². The van der Waals surface area contributed by atoms with Gasteiger partial charge in [0.15, 0.2) is 5.16 Å². The Hall–Kier alpha value is -2.19. The second-order valence-electron chi connectivity index (χ2n) is 8.56. The van der Waals surface area contributed by atoms with E-state index < -0.39 is 5.82 Å². The molecule has 4 rings (SSSR count). The lowest BCUT2D eigenvalue weighted by Crippen LogP contribution is -2.34. The molecule has 0 fully saturated rings. The maximum Gasteiger partial charge on any atom is 0.267 e. The number of halogens is 1. The molecule has 1 aliphatic rings. The van der Waals surface area contributed by atoms with E-state index in [2.05, 4.69) is 19.2 Å². The summed E-state index contributed by atoms with van der Waals surface area (Å²) in [7, 11) is 0. The summed E-state index contributed by atoms with van der Waals surface area (Å²) in [6.45, 7) is 6.27. The number of para-hydroxylation sites is 1. The van der Waals surface area contributed by atoms with Crippen LogP contribution in [0.15, 0.2) is 34.2 Å². The smallest absolute Gasteiger partial charge is 0.267 e. The Morgan fingerprint density at radius 2 is 2.19 bits per heavy atom. The van der Waals surface area contributed by atoms with Crippen LogP contribution in [0.1, 0.15) is 50.5 Å². The van der Waals surface area contributed by atoms with Crippen LogP contribution < -0.4 is 10.9 Å². The van der Waals surface area contributed by atoms with Gasteiger partial charge in [-0.1, -0.05) is 44.2 Å². The van der Waals surface area contributed by atoms with Crippen molar-refractivity contribution in [1.29, 1.82) is 0 Å². The number of carbonyl (C=O) groups is 1. The standard InChI is InChI=1S/C24H28FN3O2S2/c1-4-7-15(3)26-20(29)13-31-24-27-22-21(16-11-10-14(2)12-19(16)32-22)23(30)28(24)18-9-6-5-8-17(18)25/h5-6,8-9,14-15H,4,7,10-13H2,1-3H3,(H,26,29). The quantitative estimate of drug-likeness (QED) is 0.383. The maximum atomic E-state index is 14.7. The zero-order valence-electron chi connectivity index (χ0n) is 18.6. The largest absolute Gasteiger partial charge is 0.353 e. The van der Waals surface area contributed by atoms with E-state index in [0.717, 1.165) is 37.7 Å². The number of rotatable bonds is 7. The van der Waals surface area contributed by atoms with E-state index in [9.17, 15) is 14.0 Å². The van der Waals surface area contributed by atoms with Gasteiger partial charge in [0.05, 0.1) is 16.8 Å². The fourth-order valence-electron chi connectivity index (χ4n) is 4.27. The van der Waals surface area contributed by atoms with Gasteiger partial charge in [-0.25, -0.2) is 9.37 Å². The number of benzene rings is 1. The highest BCUT2D eigenvalue weighted by atomic mass is 32.2. The number of thiophene rings is 1. The highest BCUT2D eigenvalue weighted by Gasteiger charge is 2.26. The molecule has 0 aliphatic heterocycles. The maximum absolute atomic E-state index is 14.7. The first-order valence-electron chi connectivity index (χ1n) is 11.1. The van der Waals surface area contributed by atoms with Crippen LogP contribution in [0.25, 0.3) is 15.9 Å². The van der Waals surface area contributed by atoms with Gasteiger partial charge in [-0.3, -0.25) is 14.2 Å². The minimum atomic E-state index is -0.490. The number of aryl methyl sites for hydroxylation is 1. The number of hydrogen-bond donors (Lipinski definition) is 1. The van der Waals surface area contributed by atoms with Gasteiger partial charge in [-0.2, -0.15) is 0 Å². The van der Waals surface area contributed by atoms with Crippen LogP contribution in [0.2, 0.25) is 0 Å². The Morgan fingerprint density at radius 1 is 1.41 bits per heavy atom. The molecule has 0 saturated carbocycles. The van der Waals surface area contributed by atoms with Crippen LogP contribution in [-0.4, -0.2) is 27.3 Å². The summed E-state index contributed by atoms with van der Waals surface area (Å²) in [6.07, 6.45) is 4.70. The minimum Gasteiger partial charge on any atom is -0.353 e. The van der Waals surface area contributed by atoms with E-state index in [1.807, 2.05) is 6.92 Å². The fraction of sp³-hybridized carbons (Fsp3) is 0.458. The molecule has 8 heteroatoms. The van der Waals surface area contributed by atoms with Crippen LogP contribution in [0.5, 0.6) is 0 Å². The molecule has 0 radical (unpaired) electrons. The number of fused-ring (bicyclic) bond motifs is 3. The number of nitrogens with one attached hydrogen (secondary N) is 1. The van der Waals surface area contributed by atoms with E-state index in [1.54, 1.807) is 29.5 Å². The minimum absolute atomic E-state index is 0.0864. The van der Waals surface area contributed by atoms with Gasteiger partial charge < -0.3 is 5.32 Å². The molecule has 0 bridgehead atoms. The molecular formula is C24H28FN3O2S2. The molecule has 2 heterocycles. The molecule has 2 unspecified atom stereocenters. The predicted molar refractivity (Wildman–Crippen MR) is 130 cm³/mol. The van der Waals surface area contributed by atoms with E-state index in [4.69, 9.17) is 4.98 Å². The van der Waals surface area contributed by atoms with Gasteiger partial charge in [0, 0.05) is 10.9 Å². The van der Waals surface area contributed by atoms with Crippen molar-refractivity contribution in [3.63, 3.8) is 0 Å². The number of carbonyl (C=O) groups excluding carboxylic acids is 1. The Morgan fingerprint density at radius 3 is 2.94 bits per heavy atom. The average molecular weight is 474 g/mol. The molecule has 1 N–H and O–H groups in total. The second-order valence-corrected chi connectivity index (χ2v) is 10.6. The molecule has 5 nitrogen and oxygen atoms in total. The Labute approximate surface area is 195 Å². The van der Waals surface area contributed by atoms with E-state index in [-0.39, 0.29) is 28.9 Å². The summed E-state index contributed by atoms with van der Waals surface area (Å²) < 4.78 is 16.1. The van der Waals surface area contributed by atoms with Gasteiger partial charge in [0.2, 0.25) is 5.91 Å². The van der Waals surface area contributed by atoms with Crippen molar-refractivity contribution < 1.29 is 9.18 Å². The number of amides is 1. The molecule has 2 aromatic heterocycles. The third-order valence-corrected chi connectivity index (χ3v) is 7.94. The van der Waals surface area contributed by atoms with Crippen molar-refractivity contribution in [2.45, 2.75) is 64.1 Å². The summed E-state index contributed by atoms with van der Waals surface area (Å²) in [5.41, 5.74) is 0.973. The molecule has 0 spiro atoms. The van der Waals surface area contributed by atoms with E-state index in [1.165, 1.54) is 27.3 Å². The summed E-state index contributed by atoms with van der Waals surface area (Å²) in [6, 6.07) is 6.30. The molecule has 1 aromatic carbocycles. The number of aromatic nitrogens is 2. The topological polar surface area (TPSA) is 64.0 Å². The average Bonchev–Trinajstić information content (AvgIpc) is 3.10. The highest BCUT2D eigenvalue weighted by molar-refractivity contribution is 7.99. The van der Waals surface area contributed by atoms with E-state index in [0.29, 0.717) is 21.3 Å². The zero-order chi connectivity index (χ0) is 22.8. The molecule has 32 heavy (non-hydrogen) atoms. The molecule has 1 aliphatic carbocycles. The van der Waals surface area contributed by atoms with Crippen molar-refractivity contribution in [2.75, 3.05) is 5.75 Å². The first kappa shape index (κ1) is 23.0. The predicted octanol–water partition coefficient (Wildman–Crippen LogP) is 5.11. The number of thioether (sulfide) groups is 1. The lowest BCUT2D eigenvalue weighted by molar-refractivity contribution is -0.119. The second kappa shape index (κ2) is 9.75. The Bertz CT molecular complexity index is 1200. The Kier molecular flexibility index (Phi) is 7.00. The van der Waals surface area contributed by atoms with Gasteiger partial charge in [-0.15, -0.1) is 11.3 Å². The van der Waals surface area contributed by atoms with Crippen molar-refractivity contribution in [3.05, 3.63) is 50.9 Å². The molecule has 3 aromatic rings. The third-order valence-electron chi connectivity index (χ3n) is 5.85. The zero-order valence-corrected chi connectivity index (χ0v) is 20.2. The van der Waals surface area contributed by atoms with E-state index >= 15 is 0 Å². The molecule has 170 valence electrons. The lowest BCUT2D eigenvalue weighted by Gasteiger charge is -2.18. The first-order valence-corrected chi connectivity index (χ1v) is 12.9. The summed E-state index contributed by atoms with van der Waals surface area (Å²) in [5, 5.41) is 3.92. The van der Waals surface area contributed by atoms with Crippen molar-refractivity contribution in [1.82, 2.24) is 14.9 Å². The van der Waals surface area contributed by atoms with Crippen LogP contribution in [0.3, 0.4) is 0 Å². The molecule has 0 saturated heterocycles. The van der Waals surface area contributed by atoms with Crippen LogP contribution >= 0.6 is 23.1 Å². The summed E-state index contributed by atoms with van der Waals surface area (Å²) >= 11 is 2.73. The van der Waals surface area contributed by atoms with Crippen molar-refractivity contribution in [3.8, 4) is 5.69 Å². The molecular weight excluding hydrogens is 445 g/mol. The van der Waals surface area contributed by atoms with Crippen molar-refractivity contribution in [2.24, 2.45) is 5.92 Å². The lowest BCUT2D eigenvalue weighted by atomic mass is 9.89. The monoisotopic (exact) mass is 473 g/mol. The van der Waals surface area contributed by atoms with Gasteiger partial charge in [-0.05, 0) is 56.2 Å². The number of hydrogen-bond acceptors (Lipinski definition) is 5. The Balaban J connectivity index is 1.77. The first-order chi connectivity index (χ1) is 15.4. The molecule has 1 amide bonds. The number of nitrogens with zero attached hydrogens (tertiary/aromatic N) is 2. The van der Waals surface area contributed by atoms with Gasteiger partial charge in [0.25, 0.3) is 5.56 Å². The highest BCUT2D eigenvalue weighted by Crippen LogP contribution is 2.37. The summed E-state index contributed by atoms with van der Waals surface area (Å²) in [4.78, 5) is 32.8. The van der Waals surface area contributed by atoms with Crippen LogP contribution in [0, 0.1) is 11.7 Å². The normalized spacial score (nSPS) is 16.7. The van der Waals surface area contributed by atoms with Crippen molar-refractivity contribution >= 4 is 39.2 Å². The van der Waals surface area contributed by atoms with Gasteiger partial charge >= 0.3 is 0 Å². The summed E-state index contributed by atoms with van der Waals surface area (Å²) in [5.74, 6) is 0.0794.